The van der Waals surface area contributed by atoms with Gasteiger partial charge in [-0.05, 0) is 43.0 Å². The summed E-state index contributed by atoms with van der Waals surface area (Å²) in [7, 11) is 0. The Kier molecular flexibility index (Phi) is 5.25. The summed E-state index contributed by atoms with van der Waals surface area (Å²) in [5.41, 5.74) is 5.20. The van der Waals surface area contributed by atoms with Crippen molar-refractivity contribution in [2.75, 3.05) is 13.1 Å². The van der Waals surface area contributed by atoms with Gasteiger partial charge >= 0.3 is 0 Å². The molecule has 1 saturated heterocycles. The van der Waals surface area contributed by atoms with Gasteiger partial charge in [0.25, 0.3) is 0 Å². The third-order valence-corrected chi connectivity index (χ3v) is 3.78. The van der Waals surface area contributed by atoms with Crippen LogP contribution >= 0.6 is 0 Å². The van der Waals surface area contributed by atoms with E-state index < -0.39 is 11.6 Å². The predicted octanol–water partition coefficient (Wildman–Crippen LogP) is 2.09. The number of nitrogens with zero attached hydrogens (tertiary/aromatic N) is 1. The second kappa shape index (κ2) is 7.15. The maximum atomic E-state index is 13.4. The molecule has 0 bridgehead atoms. The number of piperidine rings is 1. The molecule has 6 heteroatoms. The molecule has 0 atom stereocenters. The number of likely N-dealkylation sites (tertiary alicyclic amines) is 1. The lowest BCUT2D eigenvalue weighted by Gasteiger charge is -2.30. The summed E-state index contributed by atoms with van der Waals surface area (Å²) in [5, 5.41) is 0. The SMILES string of the molecule is NC(=O)CC1CCN(C(=O)/C=C\c2cc(F)ccc2F)CC1. The van der Waals surface area contributed by atoms with Gasteiger partial charge in [-0.3, -0.25) is 9.59 Å². The highest BCUT2D eigenvalue weighted by Gasteiger charge is 2.22. The fourth-order valence-corrected chi connectivity index (χ4v) is 2.55. The Hall–Kier alpha value is -2.24. The van der Waals surface area contributed by atoms with Gasteiger partial charge in [0.15, 0.2) is 0 Å². The number of hydrogen-bond donors (Lipinski definition) is 1. The average molecular weight is 308 g/mol. The highest BCUT2D eigenvalue weighted by Crippen LogP contribution is 2.20. The van der Waals surface area contributed by atoms with Gasteiger partial charge in [0, 0.05) is 31.1 Å². The van der Waals surface area contributed by atoms with Crippen molar-refractivity contribution in [3.63, 3.8) is 0 Å². The van der Waals surface area contributed by atoms with Gasteiger partial charge in [-0.2, -0.15) is 0 Å². The number of hydrogen-bond acceptors (Lipinski definition) is 2. The molecule has 4 nitrogen and oxygen atoms in total. The van der Waals surface area contributed by atoms with E-state index in [-0.39, 0.29) is 23.3 Å². The van der Waals surface area contributed by atoms with E-state index in [0.29, 0.717) is 19.5 Å². The summed E-state index contributed by atoms with van der Waals surface area (Å²) < 4.78 is 26.5. The average Bonchev–Trinajstić information content (AvgIpc) is 2.48. The fourth-order valence-electron chi connectivity index (χ4n) is 2.55. The van der Waals surface area contributed by atoms with E-state index in [0.717, 1.165) is 31.0 Å². The largest absolute Gasteiger partial charge is 0.370 e. The van der Waals surface area contributed by atoms with E-state index in [1.807, 2.05) is 0 Å². The first-order valence-corrected chi connectivity index (χ1v) is 7.16. The second-order valence-corrected chi connectivity index (χ2v) is 5.44. The lowest BCUT2D eigenvalue weighted by molar-refractivity contribution is -0.127. The van der Waals surface area contributed by atoms with Gasteiger partial charge in [-0.15, -0.1) is 0 Å². The van der Waals surface area contributed by atoms with Crippen LogP contribution in [0.2, 0.25) is 0 Å². The Morgan fingerprint density at radius 3 is 2.59 bits per heavy atom. The summed E-state index contributed by atoms with van der Waals surface area (Å²) in [4.78, 5) is 24.5. The molecule has 0 radical (unpaired) electrons. The molecule has 0 unspecified atom stereocenters. The van der Waals surface area contributed by atoms with Gasteiger partial charge in [0.2, 0.25) is 11.8 Å². The molecular formula is C16H18F2N2O2. The summed E-state index contributed by atoms with van der Waals surface area (Å²) in [6.45, 7) is 1.07. The Balaban J connectivity index is 1.92. The van der Waals surface area contributed by atoms with Crippen LogP contribution in [0.25, 0.3) is 6.08 Å². The smallest absolute Gasteiger partial charge is 0.246 e. The first kappa shape index (κ1) is 16.1. The van der Waals surface area contributed by atoms with Crippen molar-refractivity contribution in [3.05, 3.63) is 41.5 Å². The van der Waals surface area contributed by atoms with Crippen LogP contribution in [-0.2, 0) is 9.59 Å². The van der Waals surface area contributed by atoms with Gasteiger partial charge < -0.3 is 10.6 Å². The number of rotatable bonds is 4. The monoisotopic (exact) mass is 308 g/mol. The molecule has 0 aromatic heterocycles. The van der Waals surface area contributed by atoms with Crippen LogP contribution in [0, 0.1) is 17.6 Å². The molecule has 22 heavy (non-hydrogen) atoms. The lowest BCUT2D eigenvalue weighted by Crippen LogP contribution is -2.38. The van der Waals surface area contributed by atoms with E-state index in [1.54, 1.807) is 4.90 Å². The van der Waals surface area contributed by atoms with Gasteiger partial charge in [-0.1, -0.05) is 0 Å². The highest BCUT2D eigenvalue weighted by atomic mass is 19.1. The molecule has 1 aromatic rings. The summed E-state index contributed by atoms with van der Waals surface area (Å²) in [5.74, 6) is -1.50. The van der Waals surface area contributed by atoms with E-state index in [4.69, 9.17) is 5.73 Å². The molecule has 1 heterocycles. The molecule has 1 aliphatic rings. The van der Waals surface area contributed by atoms with Crippen LogP contribution in [0.15, 0.2) is 24.3 Å². The summed E-state index contributed by atoms with van der Waals surface area (Å²) >= 11 is 0. The first-order valence-electron chi connectivity index (χ1n) is 7.16. The van der Waals surface area contributed by atoms with Gasteiger partial charge in [-0.25, -0.2) is 8.78 Å². The van der Waals surface area contributed by atoms with Crippen LogP contribution < -0.4 is 5.73 Å². The first-order chi connectivity index (χ1) is 10.5. The molecule has 0 aliphatic carbocycles. The highest BCUT2D eigenvalue weighted by molar-refractivity contribution is 5.91. The molecule has 1 fully saturated rings. The minimum Gasteiger partial charge on any atom is -0.370 e. The number of carbonyl (C=O) groups excluding carboxylic acids is 2. The Bertz CT molecular complexity index is 594. The summed E-state index contributed by atoms with van der Waals surface area (Å²) in [6, 6.07) is 3.09. The van der Waals surface area contributed by atoms with Crippen molar-refractivity contribution in [1.82, 2.24) is 4.90 Å². The maximum absolute atomic E-state index is 13.4. The van der Waals surface area contributed by atoms with Crippen molar-refractivity contribution >= 4 is 17.9 Å². The van der Waals surface area contributed by atoms with Crippen LogP contribution in [0.4, 0.5) is 8.78 Å². The van der Waals surface area contributed by atoms with E-state index in [2.05, 4.69) is 0 Å². The Morgan fingerprint density at radius 1 is 1.27 bits per heavy atom. The zero-order chi connectivity index (χ0) is 16.1. The predicted molar refractivity (Wildman–Crippen MR) is 78.5 cm³/mol. The minimum atomic E-state index is -0.578. The topological polar surface area (TPSA) is 63.4 Å². The van der Waals surface area contributed by atoms with Crippen LogP contribution in [0.3, 0.4) is 0 Å². The van der Waals surface area contributed by atoms with Crippen molar-refractivity contribution < 1.29 is 18.4 Å². The van der Waals surface area contributed by atoms with Crippen LogP contribution in [-0.4, -0.2) is 29.8 Å². The molecule has 1 aliphatic heterocycles. The second-order valence-electron chi connectivity index (χ2n) is 5.44. The molecule has 0 spiro atoms. The number of carbonyl (C=O) groups is 2. The maximum Gasteiger partial charge on any atom is 0.246 e. The number of amides is 2. The molecular weight excluding hydrogens is 290 g/mol. The van der Waals surface area contributed by atoms with Crippen molar-refractivity contribution in [1.29, 1.82) is 0 Å². The van der Waals surface area contributed by atoms with E-state index >= 15 is 0 Å². The summed E-state index contributed by atoms with van der Waals surface area (Å²) in [6.07, 6.45) is 4.29. The molecule has 1 aromatic carbocycles. The van der Waals surface area contributed by atoms with Crippen molar-refractivity contribution in [2.24, 2.45) is 11.7 Å². The Labute approximate surface area is 127 Å². The molecule has 2 rings (SSSR count). The number of nitrogens with two attached hydrogens (primary N) is 1. The van der Waals surface area contributed by atoms with E-state index in [1.165, 1.54) is 12.2 Å². The van der Waals surface area contributed by atoms with Crippen molar-refractivity contribution in [3.8, 4) is 0 Å². The molecule has 118 valence electrons. The fraction of sp³-hybridized carbons (Fsp3) is 0.375. The number of benzene rings is 1. The van der Waals surface area contributed by atoms with Gasteiger partial charge in [0.05, 0.1) is 0 Å². The quantitative estimate of drug-likeness (QED) is 0.866. The van der Waals surface area contributed by atoms with Crippen LogP contribution in [0.1, 0.15) is 24.8 Å². The van der Waals surface area contributed by atoms with Crippen LogP contribution in [0.5, 0.6) is 0 Å². The third kappa shape index (κ3) is 4.38. The minimum absolute atomic E-state index is 0.0389. The molecule has 2 N–H and O–H groups in total. The third-order valence-electron chi connectivity index (χ3n) is 3.78. The van der Waals surface area contributed by atoms with E-state index in [9.17, 15) is 18.4 Å². The molecule has 2 amide bonds. The number of halogens is 2. The zero-order valence-corrected chi connectivity index (χ0v) is 12.1. The number of primary amides is 1. The molecule has 0 saturated carbocycles. The van der Waals surface area contributed by atoms with Gasteiger partial charge in [0.1, 0.15) is 11.6 Å². The zero-order valence-electron chi connectivity index (χ0n) is 12.1. The normalized spacial score (nSPS) is 16.2. The Morgan fingerprint density at radius 2 is 1.95 bits per heavy atom. The lowest BCUT2D eigenvalue weighted by atomic mass is 9.93. The standard InChI is InChI=1S/C16H18F2N2O2/c17-13-2-3-14(18)12(10-13)1-4-16(22)20-7-5-11(6-8-20)9-15(19)21/h1-4,10-11H,5-9H2,(H2,19,21)/b4-1-. The van der Waals surface area contributed by atoms with Crippen molar-refractivity contribution in [2.45, 2.75) is 19.3 Å².